The largest absolute Gasteiger partial charge is 0.493 e. The van der Waals surface area contributed by atoms with E-state index in [1.807, 2.05) is 18.2 Å². The molecule has 2 rings (SSSR count). The second kappa shape index (κ2) is 8.06. The van der Waals surface area contributed by atoms with Crippen molar-refractivity contribution in [1.82, 2.24) is 5.32 Å². The maximum Gasteiger partial charge on any atom is 0.203 e. The fourth-order valence-corrected chi connectivity index (χ4v) is 2.75. The lowest BCUT2D eigenvalue weighted by Crippen LogP contribution is -2.40. The van der Waals surface area contributed by atoms with E-state index in [1.54, 1.807) is 21.3 Å². The van der Waals surface area contributed by atoms with Gasteiger partial charge in [0, 0.05) is 12.1 Å². The highest BCUT2D eigenvalue weighted by Crippen LogP contribution is 2.38. The summed E-state index contributed by atoms with van der Waals surface area (Å²) in [5.74, 6) is 1.97. The summed E-state index contributed by atoms with van der Waals surface area (Å²) in [5.41, 5.74) is 2.38. The van der Waals surface area contributed by atoms with Crippen LogP contribution in [0, 0.1) is 0 Å². The average Bonchev–Trinajstić information content (AvgIpc) is 2.59. The average molecular weight is 329 g/mol. The molecule has 0 aliphatic carbocycles. The van der Waals surface area contributed by atoms with Gasteiger partial charge in [0.15, 0.2) is 11.5 Å². The maximum absolute atomic E-state index is 5.41. The van der Waals surface area contributed by atoms with Crippen molar-refractivity contribution in [3.05, 3.63) is 53.6 Å². The first-order chi connectivity index (χ1) is 11.5. The molecule has 1 N–H and O–H groups in total. The number of hydrogen-bond donors (Lipinski definition) is 1. The van der Waals surface area contributed by atoms with Gasteiger partial charge in [-0.3, -0.25) is 0 Å². The fraction of sp³-hybridized carbons (Fsp3) is 0.400. The number of nitrogens with one attached hydrogen (secondary N) is 1. The molecule has 0 saturated carbocycles. The third-order valence-corrected chi connectivity index (χ3v) is 3.98. The molecule has 0 amide bonds. The van der Waals surface area contributed by atoms with Crippen molar-refractivity contribution >= 4 is 0 Å². The first-order valence-corrected chi connectivity index (χ1v) is 8.07. The molecule has 4 nitrogen and oxygen atoms in total. The van der Waals surface area contributed by atoms with Gasteiger partial charge < -0.3 is 19.5 Å². The van der Waals surface area contributed by atoms with Crippen LogP contribution < -0.4 is 19.5 Å². The Morgan fingerprint density at radius 1 is 0.833 bits per heavy atom. The van der Waals surface area contributed by atoms with Crippen molar-refractivity contribution < 1.29 is 14.2 Å². The predicted molar refractivity (Wildman–Crippen MR) is 97.2 cm³/mol. The van der Waals surface area contributed by atoms with Crippen molar-refractivity contribution in [1.29, 1.82) is 0 Å². The fourth-order valence-electron chi connectivity index (χ4n) is 2.75. The molecule has 0 spiro atoms. The van der Waals surface area contributed by atoms with Gasteiger partial charge >= 0.3 is 0 Å². The van der Waals surface area contributed by atoms with Gasteiger partial charge in [-0.1, -0.05) is 30.3 Å². The molecule has 4 heteroatoms. The van der Waals surface area contributed by atoms with E-state index in [0.717, 1.165) is 18.5 Å². The highest BCUT2D eigenvalue weighted by atomic mass is 16.5. The zero-order valence-corrected chi connectivity index (χ0v) is 15.2. The zero-order chi connectivity index (χ0) is 17.6. The van der Waals surface area contributed by atoms with E-state index >= 15 is 0 Å². The van der Waals surface area contributed by atoms with Gasteiger partial charge in [-0.2, -0.15) is 0 Å². The lowest BCUT2D eigenvalue weighted by molar-refractivity contribution is 0.322. The minimum absolute atomic E-state index is 0.0260. The summed E-state index contributed by atoms with van der Waals surface area (Å²) in [6.07, 6.45) is 0.957. The van der Waals surface area contributed by atoms with Crippen molar-refractivity contribution in [3.63, 3.8) is 0 Å². The summed E-state index contributed by atoms with van der Waals surface area (Å²) in [6.45, 7) is 5.13. The van der Waals surface area contributed by atoms with E-state index in [2.05, 4.69) is 43.4 Å². The molecule has 0 unspecified atom stereocenters. The molecular weight excluding hydrogens is 302 g/mol. The van der Waals surface area contributed by atoms with Gasteiger partial charge in [0.2, 0.25) is 5.75 Å². The van der Waals surface area contributed by atoms with Crippen molar-refractivity contribution in [3.8, 4) is 17.2 Å². The Labute approximate surface area is 144 Å². The van der Waals surface area contributed by atoms with E-state index in [4.69, 9.17) is 14.2 Å². The van der Waals surface area contributed by atoms with Crippen LogP contribution in [0.4, 0.5) is 0 Å². The molecule has 0 fully saturated rings. The number of ether oxygens (including phenoxy) is 3. The molecular formula is C20H27NO3. The second-order valence-corrected chi connectivity index (χ2v) is 6.43. The minimum atomic E-state index is -0.0260. The highest BCUT2D eigenvalue weighted by molar-refractivity contribution is 5.53. The molecule has 0 aliphatic heterocycles. The lowest BCUT2D eigenvalue weighted by atomic mass is 9.94. The van der Waals surface area contributed by atoms with Crippen LogP contribution >= 0.6 is 0 Å². The Kier molecular flexibility index (Phi) is 6.10. The predicted octanol–water partition coefficient (Wildman–Crippen LogP) is 3.82. The molecule has 0 aromatic heterocycles. The van der Waals surface area contributed by atoms with Crippen LogP contribution in [-0.2, 0) is 13.0 Å². The number of rotatable bonds is 8. The molecule has 0 atom stereocenters. The van der Waals surface area contributed by atoms with E-state index in [1.165, 1.54) is 5.56 Å². The summed E-state index contributed by atoms with van der Waals surface area (Å²) in [6, 6.07) is 14.5. The van der Waals surface area contributed by atoms with Crippen molar-refractivity contribution in [2.24, 2.45) is 0 Å². The standard InChI is InChI=1S/C20H27NO3/c1-20(2,13-15-9-7-6-8-10-15)21-14-16-11-17(22-3)19(24-5)18(12-16)23-4/h6-12,21H,13-14H2,1-5H3. The van der Waals surface area contributed by atoms with Gasteiger partial charge in [-0.25, -0.2) is 0 Å². The van der Waals surface area contributed by atoms with Gasteiger partial charge in [0.1, 0.15) is 0 Å². The summed E-state index contributed by atoms with van der Waals surface area (Å²) in [7, 11) is 4.88. The third kappa shape index (κ3) is 4.65. The van der Waals surface area contributed by atoms with Crippen molar-refractivity contribution in [2.45, 2.75) is 32.4 Å². The normalized spacial score (nSPS) is 11.2. The van der Waals surface area contributed by atoms with Gasteiger partial charge in [0.25, 0.3) is 0 Å². The zero-order valence-electron chi connectivity index (χ0n) is 15.2. The lowest BCUT2D eigenvalue weighted by Gasteiger charge is -2.27. The molecule has 24 heavy (non-hydrogen) atoms. The summed E-state index contributed by atoms with van der Waals surface area (Å²) >= 11 is 0. The van der Waals surface area contributed by atoms with E-state index in [-0.39, 0.29) is 5.54 Å². The SMILES string of the molecule is COc1cc(CNC(C)(C)Cc2ccccc2)cc(OC)c1OC. The van der Waals surface area contributed by atoms with Crippen LogP contribution in [-0.4, -0.2) is 26.9 Å². The first kappa shape index (κ1) is 18.1. The molecule has 2 aromatic rings. The Hall–Kier alpha value is -2.20. The molecule has 0 radical (unpaired) electrons. The summed E-state index contributed by atoms with van der Waals surface area (Å²) in [5, 5.41) is 3.61. The quantitative estimate of drug-likeness (QED) is 0.799. The first-order valence-electron chi connectivity index (χ1n) is 8.07. The summed E-state index contributed by atoms with van der Waals surface area (Å²) in [4.78, 5) is 0. The van der Waals surface area contributed by atoms with Crippen LogP contribution in [0.3, 0.4) is 0 Å². The molecule has 0 heterocycles. The molecule has 0 bridgehead atoms. The Morgan fingerprint density at radius 3 is 1.92 bits per heavy atom. The topological polar surface area (TPSA) is 39.7 Å². The van der Waals surface area contributed by atoms with E-state index in [9.17, 15) is 0 Å². The molecule has 130 valence electrons. The maximum atomic E-state index is 5.41. The minimum Gasteiger partial charge on any atom is -0.493 e. The second-order valence-electron chi connectivity index (χ2n) is 6.43. The number of benzene rings is 2. The third-order valence-electron chi connectivity index (χ3n) is 3.98. The van der Waals surface area contributed by atoms with Crippen LogP contribution in [0.15, 0.2) is 42.5 Å². The van der Waals surface area contributed by atoms with E-state index < -0.39 is 0 Å². The van der Waals surface area contributed by atoms with Gasteiger partial charge in [-0.15, -0.1) is 0 Å². The number of hydrogen-bond acceptors (Lipinski definition) is 4. The van der Waals surface area contributed by atoms with Crippen LogP contribution in [0.25, 0.3) is 0 Å². The monoisotopic (exact) mass is 329 g/mol. The Morgan fingerprint density at radius 2 is 1.42 bits per heavy atom. The molecule has 2 aromatic carbocycles. The van der Waals surface area contributed by atoms with Crippen LogP contribution in [0.1, 0.15) is 25.0 Å². The van der Waals surface area contributed by atoms with E-state index in [0.29, 0.717) is 17.2 Å². The van der Waals surface area contributed by atoms with Crippen molar-refractivity contribution in [2.75, 3.05) is 21.3 Å². The highest BCUT2D eigenvalue weighted by Gasteiger charge is 2.19. The molecule has 0 saturated heterocycles. The number of methoxy groups -OCH3 is 3. The summed E-state index contributed by atoms with van der Waals surface area (Å²) < 4.78 is 16.2. The van der Waals surface area contributed by atoms with Crippen LogP contribution in [0.5, 0.6) is 17.2 Å². The van der Waals surface area contributed by atoms with Gasteiger partial charge in [-0.05, 0) is 43.5 Å². The van der Waals surface area contributed by atoms with Crippen LogP contribution in [0.2, 0.25) is 0 Å². The smallest absolute Gasteiger partial charge is 0.203 e. The van der Waals surface area contributed by atoms with Gasteiger partial charge in [0.05, 0.1) is 21.3 Å². The Bertz CT molecular complexity index is 628. The molecule has 0 aliphatic rings. The Balaban J connectivity index is 2.10.